The number of nitrogens with one attached hydrogen (secondary N) is 1. The number of carbonyl (C=O) groups excluding carboxylic acids is 3. The number of hydrogen-bond acceptors (Lipinski definition) is 5. The van der Waals surface area contributed by atoms with E-state index in [-0.39, 0.29) is 30.3 Å². The van der Waals surface area contributed by atoms with Crippen LogP contribution in [0.2, 0.25) is 0 Å². The fraction of sp³-hybridized carbons (Fsp3) is 0.591. The molecule has 1 aromatic carbocycles. The van der Waals surface area contributed by atoms with Crippen molar-refractivity contribution in [3.63, 3.8) is 0 Å². The average molecular weight is 432 g/mol. The molecule has 2 aliphatic heterocycles. The smallest absolute Gasteiger partial charge is 0.319 e. The molecule has 0 bridgehead atoms. The lowest BCUT2D eigenvalue weighted by molar-refractivity contribution is -0.138. The summed E-state index contributed by atoms with van der Waals surface area (Å²) in [4.78, 5) is 44.2. The maximum absolute atomic E-state index is 12.7. The van der Waals surface area contributed by atoms with Gasteiger partial charge in [-0.3, -0.25) is 9.59 Å². The van der Waals surface area contributed by atoms with Gasteiger partial charge >= 0.3 is 6.03 Å². The molecule has 9 heteroatoms. The molecule has 1 N–H and O–H groups in total. The Bertz CT molecular complexity index is 769. The number of morpholine rings is 1. The second-order valence-corrected chi connectivity index (χ2v) is 8.33. The third kappa shape index (κ3) is 6.10. The Morgan fingerprint density at radius 1 is 1.00 bits per heavy atom. The number of rotatable bonds is 5. The van der Waals surface area contributed by atoms with E-state index in [1.54, 1.807) is 30.9 Å². The lowest BCUT2D eigenvalue weighted by Crippen LogP contribution is -2.47. The SMILES string of the molecule is CN(C)C(=O)N1CCC(C(=O)N(C)CC(=O)Nc2ccc(N3CCOCC3)cc2)CC1. The number of carbonyl (C=O) groups is 3. The van der Waals surface area contributed by atoms with Crippen molar-refractivity contribution in [2.75, 3.05) is 77.3 Å². The van der Waals surface area contributed by atoms with Crippen molar-refractivity contribution in [1.82, 2.24) is 14.7 Å². The predicted molar refractivity (Wildman–Crippen MR) is 119 cm³/mol. The second-order valence-electron chi connectivity index (χ2n) is 8.33. The van der Waals surface area contributed by atoms with Gasteiger partial charge in [-0.2, -0.15) is 0 Å². The van der Waals surface area contributed by atoms with Crippen molar-refractivity contribution in [3.05, 3.63) is 24.3 Å². The Morgan fingerprint density at radius 2 is 1.61 bits per heavy atom. The van der Waals surface area contributed by atoms with Gasteiger partial charge in [-0.25, -0.2) is 4.79 Å². The van der Waals surface area contributed by atoms with Crippen molar-refractivity contribution >= 4 is 29.2 Å². The van der Waals surface area contributed by atoms with Crippen molar-refractivity contribution in [2.45, 2.75) is 12.8 Å². The Labute approximate surface area is 183 Å². The summed E-state index contributed by atoms with van der Waals surface area (Å²) in [6.45, 7) is 4.29. The molecule has 31 heavy (non-hydrogen) atoms. The van der Waals surface area contributed by atoms with Gasteiger partial charge in [-0.1, -0.05) is 0 Å². The number of amides is 4. The summed E-state index contributed by atoms with van der Waals surface area (Å²) in [6.07, 6.45) is 1.24. The topological polar surface area (TPSA) is 85.4 Å². The molecule has 1 aromatic rings. The van der Waals surface area contributed by atoms with Gasteiger partial charge in [0.15, 0.2) is 0 Å². The summed E-state index contributed by atoms with van der Waals surface area (Å²) >= 11 is 0. The summed E-state index contributed by atoms with van der Waals surface area (Å²) in [7, 11) is 5.10. The molecule has 2 fully saturated rings. The van der Waals surface area contributed by atoms with Crippen LogP contribution in [-0.2, 0) is 14.3 Å². The van der Waals surface area contributed by atoms with Gasteiger partial charge in [0, 0.05) is 64.6 Å². The fourth-order valence-corrected chi connectivity index (χ4v) is 3.98. The number of benzene rings is 1. The molecule has 0 aliphatic carbocycles. The van der Waals surface area contributed by atoms with Crippen molar-refractivity contribution in [2.24, 2.45) is 5.92 Å². The van der Waals surface area contributed by atoms with E-state index in [2.05, 4.69) is 10.2 Å². The first-order chi connectivity index (χ1) is 14.8. The van der Waals surface area contributed by atoms with Gasteiger partial charge in [0.25, 0.3) is 0 Å². The van der Waals surface area contributed by atoms with Crippen LogP contribution in [0, 0.1) is 5.92 Å². The molecule has 3 rings (SSSR count). The summed E-state index contributed by atoms with van der Waals surface area (Å²) < 4.78 is 5.37. The van der Waals surface area contributed by atoms with E-state index in [1.807, 2.05) is 24.3 Å². The molecule has 2 saturated heterocycles. The van der Waals surface area contributed by atoms with E-state index < -0.39 is 0 Å². The molecule has 0 atom stereocenters. The Balaban J connectivity index is 1.44. The zero-order chi connectivity index (χ0) is 22.4. The molecule has 170 valence electrons. The van der Waals surface area contributed by atoms with Gasteiger partial charge in [0.05, 0.1) is 19.8 Å². The molecule has 0 unspecified atom stereocenters. The zero-order valence-corrected chi connectivity index (χ0v) is 18.7. The van der Waals surface area contributed by atoms with E-state index >= 15 is 0 Å². The van der Waals surface area contributed by atoms with Crippen LogP contribution in [0.1, 0.15) is 12.8 Å². The summed E-state index contributed by atoms with van der Waals surface area (Å²) in [5, 5.41) is 2.86. The van der Waals surface area contributed by atoms with Gasteiger partial charge in [0.2, 0.25) is 11.8 Å². The minimum absolute atomic E-state index is 0.000884. The number of urea groups is 1. The van der Waals surface area contributed by atoms with Gasteiger partial charge < -0.3 is 29.7 Å². The number of likely N-dealkylation sites (tertiary alicyclic amines) is 1. The molecule has 0 saturated carbocycles. The van der Waals surface area contributed by atoms with Crippen LogP contribution in [0.3, 0.4) is 0 Å². The number of ether oxygens (including phenoxy) is 1. The summed E-state index contributed by atoms with van der Waals surface area (Å²) in [5.41, 5.74) is 1.81. The minimum Gasteiger partial charge on any atom is -0.378 e. The highest BCUT2D eigenvalue weighted by Gasteiger charge is 2.30. The van der Waals surface area contributed by atoms with E-state index in [0.29, 0.717) is 31.6 Å². The van der Waals surface area contributed by atoms with Crippen LogP contribution in [-0.4, -0.2) is 99.6 Å². The molecule has 9 nitrogen and oxygen atoms in total. The monoisotopic (exact) mass is 431 g/mol. The quantitative estimate of drug-likeness (QED) is 0.760. The van der Waals surface area contributed by atoms with Crippen molar-refractivity contribution < 1.29 is 19.1 Å². The van der Waals surface area contributed by atoms with E-state index in [0.717, 1.165) is 32.0 Å². The van der Waals surface area contributed by atoms with Gasteiger partial charge in [0.1, 0.15) is 0 Å². The molecular weight excluding hydrogens is 398 g/mol. The lowest BCUT2D eigenvalue weighted by Gasteiger charge is -2.34. The predicted octanol–water partition coefficient (Wildman–Crippen LogP) is 1.31. The summed E-state index contributed by atoms with van der Waals surface area (Å²) in [5.74, 6) is -0.429. The zero-order valence-electron chi connectivity index (χ0n) is 18.7. The van der Waals surface area contributed by atoms with E-state index in [4.69, 9.17) is 4.74 Å². The first-order valence-corrected chi connectivity index (χ1v) is 10.8. The van der Waals surface area contributed by atoms with Gasteiger partial charge in [-0.05, 0) is 37.1 Å². The van der Waals surface area contributed by atoms with E-state index in [1.165, 1.54) is 4.90 Å². The lowest BCUT2D eigenvalue weighted by atomic mass is 9.95. The normalized spacial score (nSPS) is 17.3. The molecule has 0 aromatic heterocycles. The highest BCUT2D eigenvalue weighted by atomic mass is 16.5. The third-order valence-corrected chi connectivity index (χ3v) is 5.78. The van der Waals surface area contributed by atoms with Crippen molar-refractivity contribution in [1.29, 1.82) is 0 Å². The number of piperidine rings is 1. The first kappa shape index (κ1) is 22.9. The molecule has 2 heterocycles. The van der Waals surface area contributed by atoms with Crippen LogP contribution < -0.4 is 10.2 Å². The molecule has 0 spiro atoms. The number of anilines is 2. The highest BCUT2D eigenvalue weighted by Crippen LogP contribution is 2.21. The molecule has 0 radical (unpaired) electrons. The number of hydrogen-bond donors (Lipinski definition) is 1. The van der Waals surface area contributed by atoms with Crippen molar-refractivity contribution in [3.8, 4) is 0 Å². The van der Waals surface area contributed by atoms with Crippen LogP contribution in [0.15, 0.2) is 24.3 Å². The van der Waals surface area contributed by atoms with Crippen LogP contribution in [0.4, 0.5) is 16.2 Å². The van der Waals surface area contributed by atoms with E-state index in [9.17, 15) is 14.4 Å². The minimum atomic E-state index is -0.227. The summed E-state index contributed by atoms with van der Waals surface area (Å²) in [6, 6.07) is 7.69. The standard InChI is InChI=1S/C22H33N5O4/c1-24(2)22(30)27-10-8-17(9-11-27)21(29)25(3)16-20(28)23-18-4-6-19(7-5-18)26-12-14-31-15-13-26/h4-7,17H,8-16H2,1-3H3,(H,23,28). The highest BCUT2D eigenvalue weighted by molar-refractivity contribution is 5.95. The van der Waals surface area contributed by atoms with Crippen LogP contribution in [0.25, 0.3) is 0 Å². The molecular formula is C22H33N5O4. The maximum atomic E-state index is 12.7. The first-order valence-electron chi connectivity index (χ1n) is 10.8. The van der Waals surface area contributed by atoms with Gasteiger partial charge in [-0.15, -0.1) is 0 Å². The van der Waals surface area contributed by atoms with Crippen LogP contribution >= 0.6 is 0 Å². The largest absolute Gasteiger partial charge is 0.378 e. The third-order valence-electron chi connectivity index (χ3n) is 5.78. The second kappa shape index (κ2) is 10.5. The average Bonchev–Trinajstić information content (AvgIpc) is 2.79. The molecule has 2 aliphatic rings. The van der Waals surface area contributed by atoms with Crippen LogP contribution in [0.5, 0.6) is 0 Å². The maximum Gasteiger partial charge on any atom is 0.319 e. The Kier molecular flexibility index (Phi) is 7.73. The molecule has 4 amide bonds. The number of likely N-dealkylation sites (N-methyl/N-ethyl adjacent to an activating group) is 1. The Hall–Kier alpha value is -2.81. The number of nitrogens with zero attached hydrogens (tertiary/aromatic N) is 4. The fourth-order valence-electron chi connectivity index (χ4n) is 3.98. The Morgan fingerprint density at radius 3 is 2.19 bits per heavy atom.